The first kappa shape index (κ1) is 14.9. The quantitative estimate of drug-likeness (QED) is 0.828. The number of nitrogens with zero attached hydrogens (tertiary/aromatic N) is 1. The smallest absolute Gasteiger partial charge is 0.125 e. The number of nitrogens with two attached hydrogens (primary N) is 1. The van der Waals surface area contributed by atoms with Gasteiger partial charge in [0.15, 0.2) is 0 Å². The lowest BCUT2D eigenvalue weighted by molar-refractivity contribution is 0.490. The zero-order chi connectivity index (χ0) is 10.6. The molecule has 0 aliphatic heterocycles. The molecule has 0 aliphatic carbocycles. The first-order chi connectivity index (χ1) is 6.47. The molecular weight excluding hydrogens is 324 g/mol. The molecule has 0 bridgehead atoms. The first-order valence-corrected chi connectivity index (χ1v) is 5.69. The number of aromatic nitrogens is 1. The van der Waals surface area contributed by atoms with Crippen molar-refractivity contribution in [2.24, 2.45) is 5.73 Å². The molecule has 0 fully saturated rings. The molecule has 0 aromatic carbocycles. The van der Waals surface area contributed by atoms with Crippen LogP contribution in [-0.2, 0) is 0 Å². The Morgan fingerprint density at radius 3 is 2.60 bits per heavy atom. The summed E-state index contributed by atoms with van der Waals surface area (Å²) in [6.07, 6.45) is 2.77. The molecule has 0 amide bonds. The fourth-order valence-electron chi connectivity index (χ4n) is 0.993. The summed E-state index contributed by atoms with van der Waals surface area (Å²) in [4.78, 5) is 4.24. The highest BCUT2D eigenvalue weighted by molar-refractivity contribution is 14.1. The Labute approximate surface area is 111 Å². The number of rotatable bonds is 4. The maximum atomic E-state index is 5.86. The van der Waals surface area contributed by atoms with Gasteiger partial charge in [-0.3, -0.25) is 0 Å². The van der Waals surface area contributed by atoms with E-state index in [0.717, 1.165) is 22.4 Å². The molecule has 0 unspecified atom stereocenters. The first-order valence-electron chi connectivity index (χ1n) is 4.62. The fraction of sp³-hybridized carbons (Fsp3) is 0.500. The van der Waals surface area contributed by atoms with Crippen LogP contribution in [0.15, 0.2) is 18.3 Å². The number of halogens is 2. The average Bonchev–Trinajstić information content (AvgIpc) is 2.06. The largest absolute Gasteiger partial charge is 0.370 e. The highest BCUT2D eigenvalue weighted by Gasteiger charge is 2.09. The summed E-state index contributed by atoms with van der Waals surface area (Å²) in [5.74, 6) is 0.912. The molecule has 3 nitrogen and oxygen atoms in total. The molecule has 0 spiro atoms. The number of anilines is 1. The van der Waals surface area contributed by atoms with Gasteiger partial charge in [-0.05, 0) is 55.0 Å². The maximum absolute atomic E-state index is 5.86. The van der Waals surface area contributed by atoms with Gasteiger partial charge in [-0.25, -0.2) is 4.98 Å². The molecule has 3 N–H and O–H groups in total. The van der Waals surface area contributed by atoms with E-state index in [2.05, 4.69) is 32.9 Å². The van der Waals surface area contributed by atoms with Crippen LogP contribution in [-0.4, -0.2) is 17.1 Å². The number of pyridine rings is 1. The summed E-state index contributed by atoms with van der Waals surface area (Å²) in [6.45, 7) is 4.91. The third-order valence-corrected chi connectivity index (χ3v) is 2.44. The van der Waals surface area contributed by atoms with E-state index >= 15 is 0 Å². The zero-order valence-corrected chi connectivity index (χ0v) is 11.9. The third-order valence-electron chi connectivity index (χ3n) is 1.80. The number of hydrogen-bond acceptors (Lipinski definition) is 3. The minimum atomic E-state index is -0.115. The number of nitrogens with one attached hydrogen (secondary N) is 1. The Hall–Kier alpha value is -0.0700. The van der Waals surface area contributed by atoms with Crippen molar-refractivity contribution in [2.75, 3.05) is 11.9 Å². The van der Waals surface area contributed by atoms with Crippen LogP contribution in [0.4, 0.5) is 5.82 Å². The van der Waals surface area contributed by atoms with Crippen LogP contribution in [0.2, 0.25) is 0 Å². The van der Waals surface area contributed by atoms with Crippen molar-refractivity contribution < 1.29 is 0 Å². The van der Waals surface area contributed by atoms with Crippen molar-refractivity contribution >= 4 is 40.8 Å². The van der Waals surface area contributed by atoms with Crippen molar-refractivity contribution in [3.05, 3.63) is 21.9 Å². The van der Waals surface area contributed by atoms with Gasteiger partial charge in [0.25, 0.3) is 0 Å². The Bertz CT molecular complexity index is 282. The molecule has 1 rings (SSSR count). The van der Waals surface area contributed by atoms with Crippen molar-refractivity contribution in [1.29, 1.82) is 0 Å². The highest BCUT2D eigenvalue weighted by Crippen LogP contribution is 2.08. The van der Waals surface area contributed by atoms with Crippen LogP contribution in [0, 0.1) is 3.57 Å². The highest BCUT2D eigenvalue weighted by atomic mass is 127. The van der Waals surface area contributed by atoms with Gasteiger partial charge >= 0.3 is 0 Å². The molecule has 5 heteroatoms. The summed E-state index contributed by atoms with van der Waals surface area (Å²) in [5, 5.41) is 3.23. The van der Waals surface area contributed by atoms with E-state index in [1.54, 1.807) is 0 Å². The molecule has 0 saturated heterocycles. The molecule has 0 aliphatic rings. The second kappa shape index (κ2) is 6.50. The van der Waals surface area contributed by atoms with Gasteiger partial charge in [0.05, 0.1) is 0 Å². The molecular formula is C10H17ClIN3. The van der Waals surface area contributed by atoms with E-state index in [1.807, 2.05) is 32.2 Å². The van der Waals surface area contributed by atoms with Gasteiger partial charge in [0, 0.05) is 21.9 Å². The normalized spacial score (nSPS) is 10.7. The molecule has 86 valence electrons. The topological polar surface area (TPSA) is 50.9 Å². The van der Waals surface area contributed by atoms with Crippen LogP contribution < -0.4 is 11.1 Å². The van der Waals surface area contributed by atoms with Crippen LogP contribution in [0.1, 0.15) is 20.3 Å². The van der Waals surface area contributed by atoms with E-state index in [9.17, 15) is 0 Å². The van der Waals surface area contributed by atoms with Gasteiger partial charge in [0.1, 0.15) is 5.82 Å². The fourth-order valence-corrected chi connectivity index (χ4v) is 1.31. The molecule has 0 radical (unpaired) electrons. The third kappa shape index (κ3) is 6.92. The Morgan fingerprint density at radius 2 is 2.13 bits per heavy atom. The van der Waals surface area contributed by atoms with Gasteiger partial charge in [0.2, 0.25) is 0 Å². The van der Waals surface area contributed by atoms with Crippen LogP contribution in [0.5, 0.6) is 0 Å². The van der Waals surface area contributed by atoms with Crippen LogP contribution in [0.25, 0.3) is 0 Å². The molecule has 0 atom stereocenters. The molecule has 15 heavy (non-hydrogen) atoms. The minimum absolute atomic E-state index is 0. The van der Waals surface area contributed by atoms with Gasteiger partial charge in [-0.2, -0.15) is 0 Å². The van der Waals surface area contributed by atoms with E-state index < -0.39 is 0 Å². The lowest BCUT2D eigenvalue weighted by Crippen LogP contribution is -2.34. The van der Waals surface area contributed by atoms with Crippen molar-refractivity contribution in [3.63, 3.8) is 0 Å². The SMILES string of the molecule is CC(C)(N)CCNc1ccc(I)cn1.Cl. The molecule has 1 aromatic rings. The summed E-state index contributed by atoms with van der Waals surface area (Å²) < 4.78 is 1.15. The van der Waals surface area contributed by atoms with Crippen molar-refractivity contribution in [2.45, 2.75) is 25.8 Å². The molecule has 1 heterocycles. The summed E-state index contributed by atoms with van der Waals surface area (Å²) in [7, 11) is 0. The number of hydrogen-bond donors (Lipinski definition) is 2. The van der Waals surface area contributed by atoms with E-state index in [4.69, 9.17) is 5.73 Å². The van der Waals surface area contributed by atoms with E-state index in [0.29, 0.717) is 0 Å². The van der Waals surface area contributed by atoms with Crippen LogP contribution >= 0.6 is 35.0 Å². The summed E-state index contributed by atoms with van der Waals surface area (Å²) >= 11 is 2.24. The van der Waals surface area contributed by atoms with Crippen LogP contribution in [0.3, 0.4) is 0 Å². The lowest BCUT2D eigenvalue weighted by Gasteiger charge is -2.18. The Morgan fingerprint density at radius 1 is 1.47 bits per heavy atom. The standard InChI is InChI=1S/C10H16IN3.ClH/c1-10(2,12)5-6-13-9-4-3-8(11)7-14-9;/h3-4,7H,5-6,12H2,1-2H3,(H,13,14);1H. The predicted octanol–water partition coefficient (Wildman–Crippen LogP) is 2.65. The maximum Gasteiger partial charge on any atom is 0.125 e. The van der Waals surface area contributed by atoms with Crippen molar-refractivity contribution in [3.8, 4) is 0 Å². The monoisotopic (exact) mass is 341 g/mol. The Kier molecular flexibility index (Phi) is 6.47. The Balaban J connectivity index is 0.00000196. The zero-order valence-electron chi connectivity index (χ0n) is 8.96. The second-order valence-electron chi connectivity index (χ2n) is 4.03. The lowest BCUT2D eigenvalue weighted by atomic mass is 10.0. The van der Waals surface area contributed by atoms with Gasteiger partial charge in [-0.15, -0.1) is 12.4 Å². The van der Waals surface area contributed by atoms with Gasteiger partial charge in [-0.1, -0.05) is 0 Å². The van der Waals surface area contributed by atoms with Crippen molar-refractivity contribution in [1.82, 2.24) is 4.98 Å². The molecule has 1 aromatic heterocycles. The van der Waals surface area contributed by atoms with Gasteiger partial charge < -0.3 is 11.1 Å². The summed E-state index contributed by atoms with van der Waals surface area (Å²) in [6, 6.07) is 4.01. The second-order valence-corrected chi connectivity index (χ2v) is 5.27. The average molecular weight is 342 g/mol. The van der Waals surface area contributed by atoms with E-state index in [1.165, 1.54) is 0 Å². The summed E-state index contributed by atoms with van der Waals surface area (Å²) in [5.41, 5.74) is 5.75. The van der Waals surface area contributed by atoms with E-state index in [-0.39, 0.29) is 17.9 Å². The minimum Gasteiger partial charge on any atom is -0.370 e. The predicted molar refractivity (Wildman–Crippen MR) is 75.6 cm³/mol. The molecule has 0 saturated carbocycles.